The second-order valence-corrected chi connectivity index (χ2v) is 6.38. The number of amides is 1. The van der Waals surface area contributed by atoms with Crippen LogP contribution in [-0.4, -0.2) is 31.6 Å². The van der Waals surface area contributed by atoms with Gasteiger partial charge in [0, 0.05) is 18.5 Å². The molecule has 0 aliphatic carbocycles. The van der Waals surface area contributed by atoms with Crippen LogP contribution in [0.2, 0.25) is 0 Å². The van der Waals surface area contributed by atoms with Gasteiger partial charge in [0.15, 0.2) is 0 Å². The van der Waals surface area contributed by atoms with Gasteiger partial charge in [0.2, 0.25) is 5.91 Å². The molecule has 1 aliphatic heterocycles. The average Bonchev–Trinajstić information content (AvgIpc) is 2.48. The summed E-state index contributed by atoms with van der Waals surface area (Å²) in [4.78, 5) is 12.1. The third kappa shape index (κ3) is 4.71. The van der Waals surface area contributed by atoms with E-state index in [1.165, 1.54) is 0 Å². The number of halogens is 1. The van der Waals surface area contributed by atoms with Crippen LogP contribution in [0.3, 0.4) is 0 Å². The zero-order valence-corrected chi connectivity index (χ0v) is 14.2. The minimum Gasteiger partial charge on any atom is -0.496 e. The number of methoxy groups -OCH3 is 1. The normalized spacial score (nSPS) is 21.9. The van der Waals surface area contributed by atoms with Crippen molar-refractivity contribution < 1.29 is 9.53 Å². The van der Waals surface area contributed by atoms with Crippen LogP contribution in [-0.2, 0) is 11.2 Å². The molecule has 0 spiro atoms. The van der Waals surface area contributed by atoms with E-state index in [0.29, 0.717) is 12.5 Å². The van der Waals surface area contributed by atoms with Crippen molar-refractivity contribution in [2.24, 2.45) is 0 Å². The van der Waals surface area contributed by atoms with Crippen LogP contribution >= 0.6 is 15.9 Å². The SMILES string of the molecule is COc1ccc(CCC(=O)NC2CCCNC2C)cc1Br. The van der Waals surface area contributed by atoms with Crippen LogP contribution in [0, 0.1) is 0 Å². The summed E-state index contributed by atoms with van der Waals surface area (Å²) in [5.74, 6) is 0.938. The van der Waals surface area contributed by atoms with Crippen molar-refractivity contribution in [3.63, 3.8) is 0 Å². The molecule has 1 aliphatic rings. The van der Waals surface area contributed by atoms with Crippen LogP contribution in [0.25, 0.3) is 0 Å². The highest BCUT2D eigenvalue weighted by atomic mass is 79.9. The summed E-state index contributed by atoms with van der Waals surface area (Å²) in [5.41, 5.74) is 1.13. The predicted octanol–water partition coefficient (Wildman–Crippen LogP) is 2.65. The van der Waals surface area contributed by atoms with Crippen LogP contribution in [0.1, 0.15) is 31.7 Å². The molecule has 1 aromatic rings. The molecule has 2 rings (SSSR count). The summed E-state index contributed by atoms with van der Waals surface area (Å²) < 4.78 is 6.13. The number of piperidine rings is 1. The summed E-state index contributed by atoms with van der Waals surface area (Å²) in [6, 6.07) is 6.55. The van der Waals surface area contributed by atoms with E-state index in [1.807, 2.05) is 18.2 Å². The number of carbonyl (C=O) groups excluding carboxylic acids is 1. The predicted molar refractivity (Wildman–Crippen MR) is 87.6 cm³/mol. The van der Waals surface area contributed by atoms with Crippen molar-refractivity contribution >= 4 is 21.8 Å². The molecule has 4 nitrogen and oxygen atoms in total. The first-order chi connectivity index (χ1) is 10.1. The largest absolute Gasteiger partial charge is 0.496 e. The van der Waals surface area contributed by atoms with Gasteiger partial charge in [0.25, 0.3) is 0 Å². The zero-order chi connectivity index (χ0) is 15.2. The number of nitrogens with one attached hydrogen (secondary N) is 2. The molecule has 1 amide bonds. The fraction of sp³-hybridized carbons (Fsp3) is 0.562. The summed E-state index contributed by atoms with van der Waals surface area (Å²) >= 11 is 3.47. The van der Waals surface area contributed by atoms with Crippen LogP contribution in [0.5, 0.6) is 5.75 Å². The molecule has 2 atom stereocenters. The smallest absolute Gasteiger partial charge is 0.220 e. The summed E-state index contributed by atoms with van der Waals surface area (Å²) in [6.45, 7) is 3.18. The second-order valence-electron chi connectivity index (χ2n) is 5.53. The Morgan fingerprint density at radius 3 is 3.00 bits per heavy atom. The van der Waals surface area contributed by atoms with Gasteiger partial charge in [-0.05, 0) is 66.4 Å². The van der Waals surface area contributed by atoms with E-state index in [9.17, 15) is 4.79 Å². The van der Waals surface area contributed by atoms with Crippen molar-refractivity contribution in [1.82, 2.24) is 10.6 Å². The zero-order valence-electron chi connectivity index (χ0n) is 12.6. The third-order valence-electron chi connectivity index (χ3n) is 3.97. The van der Waals surface area contributed by atoms with Gasteiger partial charge >= 0.3 is 0 Å². The quantitative estimate of drug-likeness (QED) is 0.854. The second kappa shape index (κ2) is 7.80. The number of hydrogen-bond donors (Lipinski definition) is 2. The lowest BCUT2D eigenvalue weighted by Crippen LogP contribution is -2.51. The Labute approximate surface area is 134 Å². The average molecular weight is 355 g/mol. The van der Waals surface area contributed by atoms with Gasteiger partial charge in [-0.15, -0.1) is 0 Å². The minimum absolute atomic E-state index is 0.127. The molecule has 2 N–H and O–H groups in total. The van der Waals surface area contributed by atoms with Crippen molar-refractivity contribution in [3.05, 3.63) is 28.2 Å². The lowest BCUT2D eigenvalue weighted by Gasteiger charge is -2.30. The van der Waals surface area contributed by atoms with E-state index in [-0.39, 0.29) is 11.9 Å². The Morgan fingerprint density at radius 1 is 1.52 bits per heavy atom. The molecule has 21 heavy (non-hydrogen) atoms. The molecule has 1 saturated heterocycles. The van der Waals surface area contributed by atoms with Gasteiger partial charge in [-0.3, -0.25) is 4.79 Å². The monoisotopic (exact) mass is 354 g/mol. The Balaban J connectivity index is 1.82. The lowest BCUT2D eigenvalue weighted by atomic mass is 9.99. The van der Waals surface area contributed by atoms with Crippen molar-refractivity contribution in [1.29, 1.82) is 0 Å². The van der Waals surface area contributed by atoms with E-state index in [1.54, 1.807) is 7.11 Å². The number of benzene rings is 1. The molecule has 0 bridgehead atoms. The summed E-state index contributed by atoms with van der Waals surface area (Å²) in [5, 5.41) is 6.53. The Morgan fingerprint density at radius 2 is 2.33 bits per heavy atom. The Kier molecular flexibility index (Phi) is 6.06. The first kappa shape index (κ1) is 16.3. The highest BCUT2D eigenvalue weighted by Crippen LogP contribution is 2.25. The molecule has 116 valence electrons. The molecule has 0 aromatic heterocycles. The van der Waals surface area contributed by atoms with Gasteiger partial charge in [-0.25, -0.2) is 0 Å². The van der Waals surface area contributed by atoms with Crippen molar-refractivity contribution in [2.75, 3.05) is 13.7 Å². The summed E-state index contributed by atoms with van der Waals surface area (Å²) in [6.07, 6.45) is 3.44. The van der Waals surface area contributed by atoms with Gasteiger partial charge < -0.3 is 15.4 Å². The van der Waals surface area contributed by atoms with E-state index in [0.717, 1.165) is 41.6 Å². The molecule has 1 aromatic carbocycles. The van der Waals surface area contributed by atoms with Crippen LogP contribution < -0.4 is 15.4 Å². The molecular weight excluding hydrogens is 332 g/mol. The van der Waals surface area contributed by atoms with Gasteiger partial charge in [-0.1, -0.05) is 6.07 Å². The highest BCUT2D eigenvalue weighted by Gasteiger charge is 2.22. The van der Waals surface area contributed by atoms with Crippen LogP contribution in [0.15, 0.2) is 22.7 Å². The first-order valence-electron chi connectivity index (χ1n) is 7.45. The van der Waals surface area contributed by atoms with E-state index < -0.39 is 0 Å². The molecule has 0 radical (unpaired) electrons. The fourth-order valence-electron chi connectivity index (χ4n) is 2.64. The maximum atomic E-state index is 12.1. The molecular formula is C16H23BrN2O2. The summed E-state index contributed by atoms with van der Waals surface area (Å²) in [7, 11) is 1.65. The fourth-order valence-corrected chi connectivity index (χ4v) is 3.23. The Hall–Kier alpha value is -1.07. The number of aryl methyl sites for hydroxylation is 1. The number of rotatable bonds is 5. The Bertz CT molecular complexity index is 493. The van der Waals surface area contributed by atoms with Crippen molar-refractivity contribution in [3.8, 4) is 5.75 Å². The molecule has 2 unspecified atom stereocenters. The van der Waals surface area contributed by atoms with Crippen LogP contribution in [0.4, 0.5) is 0 Å². The van der Waals surface area contributed by atoms with E-state index >= 15 is 0 Å². The topological polar surface area (TPSA) is 50.4 Å². The van der Waals surface area contributed by atoms with Gasteiger partial charge in [0.1, 0.15) is 5.75 Å². The lowest BCUT2D eigenvalue weighted by molar-refractivity contribution is -0.122. The third-order valence-corrected chi connectivity index (χ3v) is 4.58. The maximum absolute atomic E-state index is 12.1. The molecule has 0 saturated carbocycles. The van der Waals surface area contributed by atoms with Gasteiger partial charge in [-0.2, -0.15) is 0 Å². The standard InChI is InChI=1S/C16H23BrN2O2/c1-11-14(4-3-9-18-11)19-16(20)8-6-12-5-7-15(21-2)13(17)10-12/h5,7,10-11,14,18H,3-4,6,8-9H2,1-2H3,(H,19,20). The number of carbonyl (C=O) groups is 1. The van der Waals surface area contributed by atoms with E-state index in [4.69, 9.17) is 4.74 Å². The molecule has 1 fully saturated rings. The maximum Gasteiger partial charge on any atom is 0.220 e. The van der Waals surface area contributed by atoms with E-state index in [2.05, 4.69) is 33.5 Å². The number of ether oxygens (including phenoxy) is 1. The highest BCUT2D eigenvalue weighted by molar-refractivity contribution is 9.10. The van der Waals surface area contributed by atoms with Crippen molar-refractivity contribution in [2.45, 2.75) is 44.7 Å². The minimum atomic E-state index is 0.127. The first-order valence-corrected chi connectivity index (χ1v) is 8.24. The molecule has 5 heteroatoms. The number of hydrogen-bond acceptors (Lipinski definition) is 3. The van der Waals surface area contributed by atoms with Gasteiger partial charge in [0.05, 0.1) is 11.6 Å². The molecule has 1 heterocycles.